The number of barbiturate groups is 1. The number of anilines is 2. The second-order valence-electron chi connectivity index (χ2n) is 7.60. The van der Waals surface area contributed by atoms with Crippen molar-refractivity contribution >= 4 is 46.9 Å². The summed E-state index contributed by atoms with van der Waals surface area (Å²) >= 11 is 6.12. The molecular weight excluding hydrogens is 421 g/mol. The van der Waals surface area contributed by atoms with Crippen LogP contribution < -0.4 is 15.1 Å². The van der Waals surface area contributed by atoms with Crippen molar-refractivity contribution in [2.75, 3.05) is 22.9 Å². The number of carbonyl (C=O) groups excluding carboxylic acids is 3. The molecule has 0 unspecified atom stereocenters. The van der Waals surface area contributed by atoms with Crippen LogP contribution in [0, 0.1) is 12.7 Å². The Morgan fingerprint density at radius 1 is 1.06 bits per heavy atom. The molecule has 0 saturated carbocycles. The lowest BCUT2D eigenvalue weighted by atomic mass is 10.0. The zero-order chi connectivity index (χ0) is 22.1. The molecule has 8 heteroatoms. The highest BCUT2D eigenvalue weighted by Gasteiger charge is 2.37. The van der Waals surface area contributed by atoms with Crippen molar-refractivity contribution < 1.29 is 18.8 Å². The van der Waals surface area contributed by atoms with E-state index in [1.54, 1.807) is 31.2 Å². The second-order valence-corrected chi connectivity index (χ2v) is 8.00. The molecule has 2 fully saturated rings. The summed E-state index contributed by atoms with van der Waals surface area (Å²) in [4.78, 5) is 40.8. The molecule has 0 aliphatic carbocycles. The van der Waals surface area contributed by atoms with Gasteiger partial charge in [-0.1, -0.05) is 17.7 Å². The fraction of sp³-hybridized carbons (Fsp3) is 0.261. The van der Waals surface area contributed by atoms with E-state index in [4.69, 9.17) is 11.6 Å². The average molecular weight is 442 g/mol. The van der Waals surface area contributed by atoms with E-state index in [1.165, 1.54) is 24.6 Å². The number of halogens is 2. The van der Waals surface area contributed by atoms with E-state index in [0.717, 1.165) is 36.5 Å². The van der Waals surface area contributed by atoms with Crippen LogP contribution in [0.2, 0.25) is 5.02 Å². The fourth-order valence-corrected chi connectivity index (χ4v) is 4.02. The molecule has 2 aromatic carbocycles. The Kier molecular flexibility index (Phi) is 5.78. The minimum atomic E-state index is -0.876. The molecule has 6 nitrogen and oxygen atoms in total. The molecule has 2 aliphatic rings. The first-order valence-corrected chi connectivity index (χ1v) is 10.5. The van der Waals surface area contributed by atoms with Crippen LogP contribution in [0.15, 0.2) is 42.0 Å². The summed E-state index contributed by atoms with van der Waals surface area (Å²) in [5.41, 5.74) is 1.30. The quantitative estimate of drug-likeness (QED) is 0.564. The van der Waals surface area contributed by atoms with E-state index in [0.29, 0.717) is 10.6 Å². The number of nitrogens with zero attached hydrogens (tertiary/aromatic N) is 2. The number of piperidine rings is 1. The van der Waals surface area contributed by atoms with E-state index in [9.17, 15) is 18.8 Å². The van der Waals surface area contributed by atoms with Gasteiger partial charge in [0, 0.05) is 29.4 Å². The predicted molar refractivity (Wildman–Crippen MR) is 118 cm³/mol. The van der Waals surface area contributed by atoms with Crippen LogP contribution in [0.25, 0.3) is 6.08 Å². The van der Waals surface area contributed by atoms with Crippen molar-refractivity contribution in [3.63, 3.8) is 0 Å². The molecule has 0 aromatic heterocycles. The topological polar surface area (TPSA) is 69.7 Å². The number of rotatable bonds is 3. The lowest BCUT2D eigenvalue weighted by Gasteiger charge is -2.29. The maximum Gasteiger partial charge on any atom is 0.335 e. The maximum absolute atomic E-state index is 14.8. The number of amides is 4. The Morgan fingerprint density at radius 3 is 2.52 bits per heavy atom. The van der Waals surface area contributed by atoms with Gasteiger partial charge in [-0.3, -0.25) is 14.9 Å². The predicted octanol–water partition coefficient (Wildman–Crippen LogP) is 4.44. The van der Waals surface area contributed by atoms with Gasteiger partial charge in [0.2, 0.25) is 0 Å². The van der Waals surface area contributed by atoms with Crippen LogP contribution in [0.1, 0.15) is 30.4 Å². The molecule has 0 bridgehead atoms. The molecule has 4 rings (SSSR count). The number of hydrogen-bond donors (Lipinski definition) is 1. The van der Waals surface area contributed by atoms with Gasteiger partial charge in [0.1, 0.15) is 11.4 Å². The van der Waals surface area contributed by atoms with E-state index in [-0.39, 0.29) is 16.8 Å². The largest absolute Gasteiger partial charge is 0.371 e. The monoisotopic (exact) mass is 441 g/mol. The van der Waals surface area contributed by atoms with E-state index in [1.807, 2.05) is 0 Å². The SMILES string of the molecule is Cc1c(Cl)cccc1N1C(=O)NC(=O)/C(=C/c2ccc(N3CCCCC3)cc2F)C1=O. The van der Waals surface area contributed by atoms with Crippen molar-refractivity contribution in [3.8, 4) is 0 Å². The molecule has 2 heterocycles. The average Bonchev–Trinajstić information content (AvgIpc) is 2.75. The highest BCUT2D eigenvalue weighted by atomic mass is 35.5. The van der Waals surface area contributed by atoms with Crippen LogP contribution in [0.4, 0.5) is 20.6 Å². The van der Waals surface area contributed by atoms with Crippen molar-refractivity contribution in [1.29, 1.82) is 0 Å². The number of nitrogens with one attached hydrogen (secondary N) is 1. The molecule has 31 heavy (non-hydrogen) atoms. The highest BCUT2D eigenvalue weighted by molar-refractivity contribution is 6.39. The van der Waals surface area contributed by atoms with Crippen molar-refractivity contribution in [1.82, 2.24) is 5.32 Å². The second kappa shape index (κ2) is 8.51. The van der Waals surface area contributed by atoms with Gasteiger partial charge in [-0.05, 0) is 68.2 Å². The van der Waals surface area contributed by atoms with Gasteiger partial charge in [-0.15, -0.1) is 0 Å². The number of hydrogen-bond acceptors (Lipinski definition) is 4. The van der Waals surface area contributed by atoms with E-state index >= 15 is 0 Å². The maximum atomic E-state index is 14.8. The molecule has 0 spiro atoms. The molecule has 4 amide bonds. The van der Waals surface area contributed by atoms with Crippen LogP contribution in [0.5, 0.6) is 0 Å². The molecule has 0 radical (unpaired) electrons. The van der Waals surface area contributed by atoms with E-state index in [2.05, 4.69) is 10.2 Å². The summed E-state index contributed by atoms with van der Waals surface area (Å²) in [6.45, 7) is 3.41. The molecular formula is C23H21ClFN3O3. The van der Waals surface area contributed by atoms with Gasteiger partial charge in [0.15, 0.2) is 0 Å². The van der Waals surface area contributed by atoms with Gasteiger partial charge >= 0.3 is 6.03 Å². The minimum absolute atomic E-state index is 0.0939. The van der Waals surface area contributed by atoms with Crippen LogP contribution in [-0.4, -0.2) is 30.9 Å². The molecule has 2 aliphatic heterocycles. The fourth-order valence-electron chi connectivity index (χ4n) is 3.85. The smallest absolute Gasteiger partial charge is 0.335 e. The molecule has 2 aromatic rings. The summed E-state index contributed by atoms with van der Waals surface area (Å²) in [6, 6.07) is 8.64. The summed E-state index contributed by atoms with van der Waals surface area (Å²) in [7, 11) is 0. The van der Waals surface area contributed by atoms with Gasteiger partial charge in [0.25, 0.3) is 11.8 Å². The summed E-state index contributed by atoms with van der Waals surface area (Å²) in [6.07, 6.45) is 4.47. The van der Waals surface area contributed by atoms with Crippen molar-refractivity contribution in [2.45, 2.75) is 26.2 Å². The Balaban J connectivity index is 1.68. The van der Waals surface area contributed by atoms with Crippen LogP contribution >= 0.6 is 11.6 Å². The summed E-state index contributed by atoms with van der Waals surface area (Å²) in [5, 5.41) is 2.52. The summed E-state index contributed by atoms with van der Waals surface area (Å²) in [5.74, 6) is -2.25. The normalized spacial score (nSPS) is 18.5. The Labute approximate surface area is 184 Å². The number of carbonyl (C=O) groups is 3. The van der Waals surface area contributed by atoms with Gasteiger partial charge in [-0.2, -0.15) is 0 Å². The van der Waals surface area contributed by atoms with Crippen LogP contribution in [0.3, 0.4) is 0 Å². The molecule has 160 valence electrons. The Hall–Kier alpha value is -3.19. The standard InChI is InChI=1S/C23H21ClFN3O3/c1-14-18(24)6-5-7-20(14)28-22(30)17(21(29)26-23(28)31)12-15-8-9-16(13-19(15)25)27-10-3-2-4-11-27/h5-9,12-13H,2-4,10-11H2,1H3,(H,26,29,31)/b17-12-. The number of urea groups is 1. The third kappa shape index (κ3) is 4.05. The third-order valence-corrected chi connectivity index (χ3v) is 6.00. The molecule has 1 N–H and O–H groups in total. The van der Waals surface area contributed by atoms with Gasteiger partial charge in [0.05, 0.1) is 5.69 Å². The van der Waals surface area contributed by atoms with Crippen molar-refractivity contribution in [2.24, 2.45) is 0 Å². The lowest BCUT2D eigenvalue weighted by molar-refractivity contribution is -0.122. The summed E-state index contributed by atoms with van der Waals surface area (Å²) < 4.78 is 14.8. The van der Waals surface area contributed by atoms with Gasteiger partial charge in [-0.25, -0.2) is 14.1 Å². The Morgan fingerprint density at radius 2 is 1.81 bits per heavy atom. The lowest BCUT2D eigenvalue weighted by Crippen LogP contribution is -2.54. The molecule has 2 saturated heterocycles. The minimum Gasteiger partial charge on any atom is -0.371 e. The highest BCUT2D eigenvalue weighted by Crippen LogP contribution is 2.30. The van der Waals surface area contributed by atoms with Gasteiger partial charge < -0.3 is 4.90 Å². The first-order chi connectivity index (χ1) is 14.9. The zero-order valence-corrected chi connectivity index (χ0v) is 17.7. The zero-order valence-electron chi connectivity index (χ0n) is 17.0. The first kappa shape index (κ1) is 21.1. The number of imide groups is 2. The third-order valence-electron chi connectivity index (χ3n) is 5.59. The van der Waals surface area contributed by atoms with E-state index < -0.39 is 23.7 Å². The number of benzene rings is 2. The Bertz CT molecular complexity index is 1110. The first-order valence-electron chi connectivity index (χ1n) is 10.1. The van der Waals surface area contributed by atoms with Crippen molar-refractivity contribution in [3.05, 3.63) is 63.9 Å². The van der Waals surface area contributed by atoms with Crippen LogP contribution in [-0.2, 0) is 9.59 Å². The molecule has 0 atom stereocenters.